The molecule has 1 aromatic carbocycles. The van der Waals surface area contributed by atoms with Gasteiger partial charge in [0.25, 0.3) is 0 Å². The number of halogens is 3. The van der Waals surface area contributed by atoms with E-state index in [9.17, 15) is 8.78 Å². The summed E-state index contributed by atoms with van der Waals surface area (Å²) < 4.78 is 31.5. The number of nitrogens with one attached hydrogen (secondary N) is 1. The minimum atomic E-state index is -0.714. The van der Waals surface area contributed by atoms with E-state index in [4.69, 9.17) is 4.52 Å². The molecule has 2 heterocycles. The van der Waals surface area contributed by atoms with Gasteiger partial charge in [0.05, 0.1) is 5.39 Å². The standard InChI is InChI=1S/C11H11F2N3O.ClH/c12-7-5-8-10(9(13)6-7)17-15-11(8)16-3-1-14-2-4-16;/h5-6,14H,1-4H2;1H. The van der Waals surface area contributed by atoms with Gasteiger partial charge in [0.1, 0.15) is 5.82 Å². The van der Waals surface area contributed by atoms with Gasteiger partial charge < -0.3 is 14.7 Å². The summed E-state index contributed by atoms with van der Waals surface area (Å²) >= 11 is 0. The Balaban J connectivity index is 0.00000120. The van der Waals surface area contributed by atoms with Crippen molar-refractivity contribution in [1.29, 1.82) is 0 Å². The fraction of sp³-hybridized carbons (Fsp3) is 0.364. The molecular weight excluding hydrogens is 264 g/mol. The molecule has 0 unspecified atom stereocenters. The summed E-state index contributed by atoms with van der Waals surface area (Å²) in [4.78, 5) is 1.96. The predicted octanol–water partition coefficient (Wildman–Crippen LogP) is 1.94. The third kappa shape index (κ3) is 2.13. The lowest BCUT2D eigenvalue weighted by molar-refractivity contribution is 0.435. The highest BCUT2D eigenvalue weighted by Crippen LogP contribution is 2.28. The molecule has 4 nitrogen and oxygen atoms in total. The van der Waals surface area contributed by atoms with E-state index < -0.39 is 11.6 Å². The highest BCUT2D eigenvalue weighted by Gasteiger charge is 2.20. The number of benzene rings is 1. The highest BCUT2D eigenvalue weighted by atomic mass is 35.5. The lowest BCUT2D eigenvalue weighted by atomic mass is 10.2. The lowest BCUT2D eigenvalue weighted by Crippen LogP contribution is -2.43. The summed E-state index contributed by atoms with van der Waals surface area (Å²) in [5, 5.41) is 7.43. The van der Waals surface area contributed by atoms with E-state index in [1.54, 1.807) is 0 Å². The number of piperazine rings is 1. The van der Waals surface area contributed by atoms with Crippen LogP contribution >= 0.6 is 12.4 Å². The molecule has 7 heteroatoms. The molecule has 0 amide bonds. The summed E-state index contributed by atoms with van der Waals surface area (Å²) in [5.41, 5.74) is 0.0138. The van der Waals surface area contributed by atoms with E-state index in [-0.39, 0.29) is 18.0 Å². The van der Waals surface area contributed by atoms with E-state index >= 15 is 0 Å². The first-order valence-corrected chi connectivity index (χ1v) is 5.46. The molecule has 18 heavy (non-hydrogen) atoms. The molecule has 1 fully saturated rings. The number of rotatable bonds is 1. The van der Waals surface area contributed by atoms with Gasteiger partial charge in [0.2, 0.25) is 5.58 Å². The Bertz CT molecular complexity index is 554. The summed E-state index contributed by atoms with van der Waals surface area (Å²) in [6.07, 6.45) is 0. The van der Waals surface area contributed by atoms with Gasteiger partial charge in [-0.05, 0) is 6.07 Å². The van der Waals surface area contributed by atoms with Gasteiger partial charge in [-0.15, -0.1) is 12.4 Å². The minimum absolute atomic E-state index is 0. The average molecular weight is 276 g/mol. The van der Waals surface area contributed by atoms with E-state index in [0.717, 1.165) is 32.2 Å². The summed E-state index contributed by atoms with van der Waals surface area (Å²) in [6.45, 7) is 3.15. The van der Waals surface area contributed by atoms with Crippen LogP contribution in [0.5, 0.6) is 0 Å². The molecule has 0 saturated carbocycles. The number of aromatic nitrogens is 1. The molecule has 1 aliphatic heterocycles. The molecule has 0 radical (unpaired) electrons. The van der Waals surface area contributed by atoms with Crippen molar-refractivity contribution in [3.63, 3.8) is 0 Å². The van der Waals surface area contributed by atoms with Crippen molar-refractivity contribution < 1.29 is 13.3 Å². The Kier molecular flexibility index (Phi) is 3.68. The monoisotopic (exact) mass is 275 g/mol. The van der Waals surface area contributed by atoms with Crippen LogP contribution in [0.15, 0.2) is 16.7 Å². The maximum atomic E-state index is 13.4. The van der Waals surface area contributed by atoms with Gasteiger partial charge >= 0.3 is 0 Å². The second kappa shape index (κ2) is 5.07. The van der Waals surface area contributed by atoms with Crippen molar-refractivity contribution in [3.05, 3.63) is 23.8 Å². The van der Waals surface area contributed by atoms with Crippen LogP contribution in [0.2, 0.25) is 0 Å². The second-order valence-corrected chi connectivity index (χ2v) is 4.01. The Hall–Kier alpha value is -1.40. The number of fused-ring (bicyclic) bond motifs is 1. The van der Waals surface area contributed by atoms with Gasteiger partial charge in [-0.1, -0.05) is 5.16 Å². The minimum Gasteiger partial charge on any atom is -0.351 e. The molecule has 2 aromatic rings. The second-order valence-electron chi connectivity index (χ2n) is 4.01. The van der Waals surface area contributed by atoms with Gasteiger partial charge in [0.15, 0.2) is 11.6 Å². The number of hydrogen-bond donors (Lipinski definition) is 1. The van der Waals surface area contributed by atoms with Crippen molar-refractivity contribution in [2.24, 2.45) is 0 Å². The molecule has 98 valence electrons. The molecule has 1 N–H and O–H groups in total. The zero-order chi connectivity index (χ0) is 11.8. The topological polar surface area (TPSA) is 41.3 Å². The summed E-state index contributed by atoms with van der Waals surface area (Å²) in [6, 6.07) is 2.06. The van der Waals surface area contributed by atoms with Crippen molar-refractivity contribution in [1.82, 2.24) is 10.5 Å². The molecule has 1 aliphatic rings. The van der Waals surface area contributed by atoms with E-state index in [2.05, 4.69) is 10.5 Å². The smallest absolute Gasteiger partial charge is 0.204 e. The molecule has 0 bridgehead atoms. The third-order valence-electron chi connectivity index (χ3n) is 2.89. The van der Waals surface area contributed by atoms with Crippen LogP contribution in [0.1, 0.15) is 0 Å². The molecule has 0 spiro atoms. The first-order chi connectivity index (χ1) is 8.25. The fourth-order valence-electron chi connectivity index (χ4n) is 2.06. The first kappa shape index (κ1) is 13.0. The Labute approximate surface area is 108 Å². The van der Waals surface area contributed by atoms with Crippen molar-refractivity contribution in [2.75, 3.05) is 31.1 Å². The number of hydrogen-bond acceptors (Lipinski definition) is 4. The van der Waals surface area contributed by atoms with Gasteiger partial charge in [-0.25, -0.2) is 8.78 Å². The highest BCUT2D eigenvalue weighted by molar-refractivity contribution is 5.89. The maximum Gasteiger partial charge on any atom is 0.204 e. The van der Waals surface area contributed by atoms with Crippen molar-refractivity contribution >= 4 is 29.2 Å². The molecule has 3 rings (SSSR count). The average Bonchev–Trinajstić information content (AvgIpc) is 2.74. The van der Waals surface area contributed by atoms with Crippen LogP contribution in [0, 0.1) is 11.6 Å². The Morgan fingerprint density at radius 1 is 1.22 bits per heavy atom. The lowest BCUT2D eigenvalue weighted by Gasteiger charge is -2.26. The van der Waals surface area contributed by atoms with E-state index in [1.807, 2.05) is 4.90 Å². The van der Waals surface area contributed by atoms with Gasteiger partial charge in [-0.3, -0.25) is 0 Å². The maximum absolute atomic E-state index is 13.4. The van der Waals surface area contributed by atoms with Gasteiger partial charge in [0, 0.05) is 32.2 Å². The molecule has 0 aliphatic carbocycles. The van der Waals surface area contributed by atoms with Crippen LogP contribution in [-0.2, 0) is 0 Å². The fourth-order valence-corrected chi connectivity index (χ4v) is 2.06. The zero-order valence-corrected chi connectivity index (χ0v) is 10.3. The normalized spacial score (nSPS) is 15.8. The summed E-state index contributed by atoms with van der Waals surface area (Å²) in [7, 11) is 0. The van der Waals surface area contributed by atoms with E-state index in [0.29, 0.717) is 11.2 Å². The van der Waals surface area contributed by atoms with E-state index in [1.165, 1.54) is 6.07 Å². The van der Waals surface area contributed by atoms with Crippen LogP contribution in [-0.4, -0.2) is 31.3 Å². The van der Waals surface area contributed by atoms with Gasteiger partial charge in [-0.2, -0.15) is 0 Å². The SMILES string of the molecule is Cl.Fc1cc(F)c2onc(N3CCNCC3)c2c1. The third-order valence-corrected chi connectivity index (χ3v) is 2.89. The predicted molar refractivity (Wildman–Crippen MR) is 66.3 cm³/mol. The van der Waals surface area contributed by atoms with Crippen LogP contribution < -0.4 is 10.2 Å². The molecular formula is C11H12ClF2N3O. The molecule has 1 saturated heterocycles. The first-order valence-electron chi connectivity index (χ1n) is 5.46. The van der Waals surface area contributed by atoms with Crippen molar-refractivity contribution in [3.8, 4) is 0 Å². The number of anilines is 1. The summed E-state index contributed by atoms with van der Waals surface area (Å²) in [5.74, 6) is -0.816. The van der Waals surface area contributed by atoms with Crippen molar-refractivity contribution in [2.45, 2.75) is 0 Å². The van der Waals surface area contributed by atoms with Crippen LogP contribution in [0.3, 0.4) is 0 Å². The quantitative estimate of drug-likeness (QED) is 0.864. The Morgan fingerprint density at radius 3 is 2.67 bits per heavy atom. The largest absolute Gasteiger partial charge is 0.351 e. The van der Waals surface area contributed by atoms with Crippen LogP contribution in [0.25, 0.3) is 11.0 Å². The zero-order valence-electron chi connectivity index (χ0n) is 9.45. The molecule has 0 atom stereocenters. The Morgan fingerprint density at radius 2 is 1.94 bits per heavy atom. The molecule has 1 aromatic heterocycles. The number of nitrogens with zero attached hydrogens (tertiary/aromatic N) is 2. The van der Waals surface area contributed by atoms with Crippen LogP contribution in [0.4, 0.5) is 14.6 Å².